The summed E-state index contributed by atoms with van der Waals surface area (Å²) in [6.07, 6.45) is -0.640. The van der Waals surface area contributed by atoms with Crippen molar-refractivity contribution in [1.29, 1.82) is 0 Å². The number of aliphatic carboxylic acids is 1. The molecule has 1 atom stereocenters. The topological polar surface area (TPSA) is 55.8 Å². The minimum absolute atomic E-state index is 0.0494. The zero-order valence-electron chi connectivity index (χ0n) is 14.6. The van der Waals surface area contributed by atoms with E-state index in [1.54, 1.807) is 7.11 Å². The van der Waals surface area contributed by atoms with Crippen LogP contribution in [0, 0.1) is 0 Å². The number of hydrogen-bond donors (Lipinski definition) is 1. The highest BCUT2D eigenvalue weighted by Crippen LogP contribution is 2.25. The molecule has 0 saturated heterocycles. The Labute approximate surface area is 143 Å². The fourth-order valence-corrected chi connectivity index (χ4v) is 2.35. The predicted molar refractivity (Wildman–Crippen MR) is 93.9 cm³/mol. The Balaban J connectivity index is 2.09. The van der Waals surface area contributed by atoms with Crippen LogP contribution in [0.4, 0.5) is 0 Å². The molecule has 1 N–H and O–H groups in total. The summed E-state index contributed by atoms with van der Waals surface area (Å²) < 4.78 is 10.8. The van der Waals surface area contributed by atoms with Gasteiger partial charge in [-0.05, 0) is 40.8 Å². The second kappa shape index (κ2) is 7.39. The Morgan fingerprint density at radius 2 is 1.54 bits per heavy atom. The summed E-state index contributed by atoms with van der Waals surface area (Å²) in [4.78, 5) is 11.5. The van der Waals surface area contributed by atoms with Crippen molar-refractivity contribution in [2.24, 2.45) is 0 Å². The number of benzene rings is 2. The first-order chi connectivity index (χ1) is 11.3. The normalized spacial score (nSPS) is 12.5. The Kier molecular flexibility index (Phi) is 5.50. The first kappa shape index (κ1) is 17.9. The predicted octanol–water partition coefficient (Wildman–Crippen LogP) is 4.07. The Morgan fingerprint density at radius 3 is 2.00 bits per heavy atom. The second-order valence-corrected chi connectivity index (χ2v) is 6.77. The lowest BCUT2D eigenvalue weighted by atomic mass is 9.87. The van der Waals surface area contributed by atoms with Gasteiger partial charge in [0.05, 0.1) is 7.11 Å². The third kappa shape index (κ3) is 4.75. The highest BCUT2D eigenvalue weighted by Gasteiger charge is 2.21. The van der Waals surface area contributed by atoms with E-state index in [1.807, 2.05) is 48.5 Å². The molecule has 0 unspecified atom stereocenters. The van der Waals surface area contributed by atoms with Gasteiger partial charge in [-0.3, -0.25) is 0 Å². The van der Waals surface area contributed by atoms with Gasteiger partial charge in [-0.25, -0.2) is 4.79 Å². The molecule has 0 aromatic heterocycles. The van der Waals surface area contributed by atoms with Crippen LogP contribution in [-0.2, 0) is 16.6 Å². The van der Waals surface area contributed by atoms with Gasteiger partial charge in [0.25, 0.3) is 0 Å². The molecule has 2 aromatic carbocycles. The molecule has 0 saturated carbocycles. The fraction of sp³-hybridized carbons (Fsp3) is 0.350. The van der Waals surface area contributed by atoms with Crippen molar-refractivity contribution < 1.29 is 19.4 Å². The van der Waals surface area contributed by atoms with Gasteiger partial charge in [0, 0.05) is 6.42 Å². The van der Waals surface area contributed by atoms with Gasteiger partial charge in [0.2, 0.25) is 0 Å². The maximum absolute atomic E-state index is 11.5. The molecular formula is C20H24O4. The van der Waals surface area contributed by atoms with Crippen molar-refractivity contribution in [3.05, 3.63) is 59.7 Å². The first-order valence-corrected chi connectivity index (χ1v) is 7.92. The standard InChI is InChI=1S/C20H24O4/c1-20(2,3)15-7-11-17(12-8-15)24-18(19(21)22)13-14-5-9-16(23-4)10-6-14/h5-12,18H,13H2,1-4H3,(H,21,22)/t18-/m0/s1. The molecule has 0 bridgehead atoms. The highest BCUT2D eigenvalue weighted by atomic mass is 16.5. The molecule has 2 aromatic rings. The van der Waals surface area contributed by atoms with Crippen molar-refractivity contribution in [2.75, 3.05) is 7.11 Å². The van der Waals surface area contributed by atoms with Crippen LogP contribution in [0.2, 0.25) is 0 Å². The molecule has 0 aliphatic carbocycles. The van der Waals surface area contributed by atoms with E-state index in [0.29, 0.717) is 12.2 Å². The van der Waals surface area contributed by atoms with Crippen LogP contribution < -0.4 is 9.47 Å². The molecule has 0 amide bonds. The molecule has 128 valence electrons. The maximum atomic E-state index is 11.5. The van der Waals surface area contributed by atoms with E-state index in [4.69, 9.17) is 9.47 Å². The number of carboxylic acids is 1. The van der Waals surface area contributed by atoms with E-state index >= 15 is 0 Å². The summed E-state index contributed by atoms with van der Waals surface area (Å²) in [5.41, 5.74) is 2.11. The molecule has 0 spiro atoms. The molecule has 2 rings (SSSR count). The molecule has 0 heterocycles. The Morgan fingerprint density at radius 1 is 1.00 bits per heavy atom. The molecule has 4 nitrogen and oxygen atoms in total. The monoisotopic (exact) mass is 328 g/mol. The van der Waals surface area contributed by atoms with Gasteiger partial charge < -0.3 is 14.6 Å². The van der Waals surface area contributed by atoms with Crippen molar-refractivity contribution in [3.63, 3.8) is 0 Å². The van der Waals surface area contributed by atoms with E-state index in [-0.39, 0.29) is 5.41 Å². The number of methoxy groups -OCH3 is 1. The van der Waals surface area contributed by atoms with Crippen molar-refractivity contribution >= 4 is 5.97 Å². The lowest BCUT2D eigenvalue weighted by Gasteiger charge is -2.20. The summed E-state index contributed by atoms with van der Waals surface area (Å²) in [7, 11) is 1.60. The Hall–Kier alpha value is -2.49. The van der Waals surface area contributed by atoms with Crippen LogP contribution in [0.25, 0.3) is 0 Å². The number of carboxylic acid groups (broad SMARTS) is 1. The molecule has 0 fully saturated rings. The third-order valence-corrected chi connectivity index (χ3v) is 3.85. The van der Waals surface area contributed by atoms with Crippen LogP contribution >= 0.6 is 0 Å². The molecule has 4 heteroatoms. The zero-order chi connectivity index (χ0) is 17.7. The average molecular weight is 328 g/mol. The van der Waals surface area contributed by atoms with Crippen molar-refractivity contribution in [1.82, 2.24) is 0 Å². The van der Waals surface area contributed by atoms with Gasteiger partial charge in [0.1, 0.15) is 11.5 Å². The molecule has 0 aliphatic rings. The van der Waals surface area contributed by atoms with E-state index in [0.717, 1.165) is 11.3 Å². The van der Waals surface area contributed by atoms with Crippen molar-refractivity contribution in [3.8, 4) is 11.5 Å². The highest BCUT2D eigenvalue weighted by molar-refractivity contribution is 5.73. The largest absolute Gasteiger partial charge is 0.497 e. The van der Waals surface area contributed by atoms with E-state index in [9.17, 15) is 9.90 Å². The molecule has 0 aliphatic heterocycles. The summed E-state index contributed by atoms with van der Waals surface area (Å²) in [5.74, 6) is 0.318. The summed E-state index contributed by atoms with van der Waals surface area (Å²) >= 11 is 0. The second-order valence-electron chi connectivity index (χ2n) is 6.77. The maximum Gasteiger partial charge on any atom is 0.345 e. The average Bonchev–Trinajstić information content (AvgIpc) is 2.54. The van der Waals surface area contributed by atoms with Crippen LogP contribution in [0.15, 0.2) is 48.5 Å². The van der Waals surface area contributed by atoms with E-state index < -0.39 is 12.1 Å². The molecule has 24 heavy (non-hydrogen) atoms. The van der Waals surface area contributed by atoms with Gasteiger partial charge in [-0.1, -0.05) is 45.0 Å². The minimum Gasteiger partial charge on any atom is -0.497 e. The SMILES string of the molecule is COc1ccc(C[C@H](Oc2ccc(C(C)(C)C)cc2)C(=O)O)cc1. The quantitative estimate of drug-likeness (QED) is 0.868. The zero-order valence-corrected chi connectivity index (χ0v) is 14.6. The lowest BCUT2D eigenvalue weighted by Crippen LogP contribution is -2.29. The van der Waals surface area contributed by atoms with Gasteiger partial charge in [-0.15, -0.1) is 0 Å². The van der Waals surface area contributed by atoms with Gasteiger partial charge in [0.15, 0.2) is 6.10 Å². The number of carbonyl (C=O) groups is 1. The summed E-state index contributed by atoms with van der Waals surface area (Å²) in [5, 5.41) is 9.43. The molecule has 0 radical (unpaired) electrons. The fourth-order valence-electron chi connectivity index (χ4n) is 2.35. The number of ether oxygens (including phenoxy) is 2. The van der Waals surface area contributed by atoms with Crippen molar-refractivity contribution in [2.45, 2.75) is 38.7 Å². The number of rotatable bonds is 6. The van der Waals surface area contributed by atoms with Gasteiger partial charge >= 0.3 is 5.97 Å². The van der Waals surface area contributed by atoms with Crippen LogP contribution in [-0.4, -0.2) is 24.3 Å². The van der Waals surface area contributed by atoms with Crippen LogP contribution in [0.1, 0.15) is 31.9 Å². The third-order valence-electron chi connectivity index (χ3n) is 3.85. The van der Waals surface area contributed by atoms with Crippen LogP contribution in [0.3, 0.4) is 0 Å². The van der Waals surface area contributed by atoms with E-state index in [2.05, 4.69) is 20.8 Å². The number of hydrogen-bond acceptors (Lipinski definition) is 3. The van der Waals surface area contributed by atoms with Gasteiger partial charge in [-0.2, -0.15) is 0 Å². The molecular weight excluding hydrogens is 304 g/mol. The smallest absolute Gasteiger partial charge is 0.345 e. The van der Waals surface area contributed by atoms with Crippen LogP contribution in [0.5, 0.6) is 11.5 Å². The lowest BCUT2D eigenvalue weighted by molar-refractivity contribution is -0.145. The minimum atomic E-state index is -0.981. The summed E-state index contributed by atoms with van der Waals surface area (Å²) in [6, 6.07) is 14.9. The first-order valence-electron chi connectivity index (χ1n) is 7.92. The Bertz CT molecular complexity index is 666. The summed E-state index contributed by atoms with van der Waals surface area (Å²) in [6.45, 7) is 6.39. The van der Waals surface area contributed by atoms with E-state index in [1.165, 1.54) is 5.56 Å².